The topological polar surface area (TPSA) is 96.0 Å². The van der Waals surface area contributed by atoms with Crippen LogP contribution in [0.2, 0.25) is 0 Å². The fourth-order valence-electron chi connectivity index (χ4n) is 2.47. The van der Waals surface area contributed by atoms with Gasteiger partial charge in [0.2, 0.25) is 5.91 Å². The van der Waals surface area contributed by atoms with Crippen LogP contribution in [0.1, 0.15) is 64.2 Å². The summed E-state index contributed by atoms with van der Waals surface area (Å²) in [6.45, 7) is 0. The maximum Gasteiger partial charge on any atom is 0.271 e. The van der Waals surface area contributed by atoms with Gasteiger partial charge in [0.15, 0.2) is 0 Å². The Hall–Kier alpha value is -2.42. The Morgan fingerprint density at radius 3 is 2.33 bits per heavy atom. The number of anilines is 1. The van der Waals surface area contributed by atoms with Crippen molar-refractivity contribution >= 4 is 17.3 Å². The van der Waals surface area contributed by atoms with E-state index in [2.05, 4.69) is 11.4 Å². The molecule has 24 heavy (non-hydrogen) atoms. The van der Waals surface area contributed by atoms with Crippen molar-refractivity contribution in [2.75, 3.05) is 5.32 Å². The standard InChI is InChI=1S/C18H25N3O3/c19-14-9-7-5-3-1-2-4-6-8-13-18(22)20-16-11-10-12-17(15-16)21(23)24/h10-12,15H,1-9,13H2,(H,20,22). The van der Waals surface area contributed by atoms with Gasteiger partial charge in [-0.15, -0.1) is 0 Å². The third-order valence-corrected chi connectivity index (χ3v) is 3.78. The van der Waals surface area contributed by atoms with Gasteiger partial charge in [-0.3, -0.25) is 14.9 Å². The highest BCUT2D eigenvalue weighted by Crippen LogP contribution is 2.17. The average molecular weight is 331 g/mol. The minimum Gasteiger partial charge on any atom is -0.326 e. The molecule has 0 aliphatic heterocycles. The van der Waals surface area contributed by atoms with Gasteiger partial charge in [-0.1, -0.05) is 44.6 Å². The lowest BCUT2D eigenvalue weighted by molar-refractivity contribution is -0.384. The zero-order chi connectivity index (χ0) is 17.6. The summed E-state index contributed by atoms with van der Waals surface area (Å²) in [6, 6.07) is 8.13. The fraction of sp³-hybridized carbons (Fsp3) is 0.556. The zero-order valence-electron chi connectivity index (χ0n) is 14.0. The molecule has 0 unspecified atom stereocenters. The molecule has 0 saturated heterocycles. The maximum atomic E-state index is 11.8. The highest BCUT2D eigenvalue weighted by Gasteiger charge is 2.07. The smallest absolute Gasteiger partial charge is 0.271 e. The molecule has 6 heteroatoms. The van der Waals surface area contributed by atoms with Crippen LogP contribution in [0.15, 0.2) is 24.3 Å². The molecule has 6 nitrogen and oxygen atoms in total. The van der Waals surface area contributed by atoms with Crippen molar-refractivity contribution in [1.82, 2.24) is 0 Å². The van der Waals surface area contributed by atoms with E-state index in [-0.39, 0.29) is 11.6 Å². The Balaban J connectivity index is 2.07. The number of non-ortho nitro benzene ring substituents is 1. The summed E-state index contributed by atoms with van der Waals surface area (Å²) in [7, 11) is 0. The van der Waals surface area contributed by atoms with Gasteiger partial charge in [-0.05, 0) is 18.9 Å². The van der Waals surface area contributed by atoms with Gasteiger partial charge >= 0.3 is 0 Å². The van der Waals surface area contributed by atoms with E-state index in [0.717, 1.165) is 32.1 Å². The van der Waals surface area contributed by atoms with Crippen LogP contribution >= 0.6 is 0 Å². The molecule has 0 aliphatic carbocycles. The molecule has 1 aromatic carbocycles. The molecule has 1 aromatic rings. The van der Waals surface area contributed by atoms with Gasteiger partial charge in [0, 0.05) is 30.7 Å². The third-order valence-electron chi connectivity index (χ3n) is 3.78. The summed E-state index contributed by atoms with van der Waals surface area (Å²) in [5, 5.41) is 21.8. The van der Waals surface area contributed by atoms with Gasteiger partial charge < -0.3 is 5.32 Å². The number of nitrogens with one attached hydrogen (secondary N) is 1. The lowest BCUT2D eigenvalue weighted by Crippen LogP contribution is -2.11. The van der Waals surface area contributed by atoms with Crippen molar-refractivity contribution in [1.29, 1.82) is 5.26 Å². The summed E-state index contributed by atoms with van der Waals surface area (Å²) < 4.78 is 0. The summed E-state index contributed by atoms with van der Waals surface area (Å²) in [6.07, 6.45) is 9.69. The Morgan fingerprint density at radius 1 is 1.08 bits per heavy atom. The molecule has 1 rings (SSSR count). The van der Waals surface area contributed by atoms with E-state index in [0.29, 0.717) is 18.5 Å². The average Bonchev–Trinajstić information content (AvgIpc) is 2.56. The molecule has 0 spiro atoms. The maximum absolute atomic E-state index is 11.8. The first-order chi connectivity index (χ1) is 11.6. The number of rotatable bonds is 12. The highest BCUT2D eigenvalue weighted by molar-refractivity contribution is 5.90. The number of carbonyl (C=O) groups excluding carboxylic acids is 1. The number of unbranched alkanes of at least 4 members (excludes halogenated alkanes) is 8. The number of carbonyl (C=O) groups is 1. The van der Waals surface area contributed by atoms with Crippen LogP contribution in [0.5, 0.6) is 0 Å². The molecule has 0 aromatic heterocycles. The van der Waals surface area contributed by atoms with Gasteiger partial charge in [0.25, 0.3) is 5.69 Å². The minimum absolute atomic E-state index is 0.0254. The van der Waals surface area contributed by atoms with Crippen LogP contribution < -0.4 is 5.32 Å². The molecule has 1 N–H and O–H groups in total. The van der Waals surface area contributed by atoms with Crippen LogP contribution in [-0.4, -0.2) is 10.8 Å². The first-order valence-corrected chi connectivity index (χ1v) is 8.54. The first-order valence-electron chi connectivity index (χ1n) is 8.54. The molecule has 0 heterocycles. The van der Waals surface area contributed by atoms with E-state index < -0.39 is 4.92 Å². The number of nitrogens with zero attached hydrogens (tertiary/aromatic N) is 2. The fourth-order valence-corrected chi connectivity index (χ4v) is 2.47. The summed E-state index contributed by atoms with van der Waals surface area (Å²) in [5.41, 5.74) is 0.439. The molecule has 0 fully saturated rings. The number of amides is 1. The Labute approximate surface area is 143 Å². The number of nitro groups is 1. The SMILES string of the molecule is N#CCCCCCCCCCCC(=O)Nc1cccc([N+](=O)[O-])c1. The summed E-state index contributed by atoms with van der Waals surface area (Å²) >= 11 is 0. The van der Waals surface area contributed by atoms with Crippen LogP contribution in [0.3, 0.4) is 0 Å². The quantitative estimate of drug-likeness (QED) is 0.332. The highest BCUT2D eigenvalue weighted by atomic mass is 16.6. The number of hydrogen-bond acceptors (Lipinski definition) is 4. The van der Waals surface area contributed by atoms with E-state index in [1.165, 1.54) is 31.4 Å². The molecule has 0 saturated carbocycles. The predicted octanol–water partition coefficient (Wildman–Crippen LogP) is 4.96. The van der Waals surface area contributed by atoms with E-state index in [1.807, 2.05) is 0 Å². The second-order valence-corrected chi connectivity index (χ2v) is 5.84. The molecular weight excluding hydrogens is 306 g/mol. The van der Waals surface area contributed by atoms with E-state index in [9.17, 15) is 14.9 Å². The normalized spacial score (nSPS) is 10.1. The van der Waals surface area contributed by atoms with Crippen molar-refractivity contribution in [3.05, 3.63) is 34.4 Å². The second-order valence-electron chi connectivity index (χ2n) is 5.84. The summed E-state index contributed by atoms with van der Waals surface area (Å²) in [5.74, 6) is -0.105. The molecule has 0 bridgehead atoms. The van der Waals surface area contributed by atoms with E-state index in [4.69, 9.17) is 5.26 Å². The monoisotopic (exact) mass is 331 g/mol. The molecule has 0 aliphatic rings. The number of benzene rings is 1. The van der Waals surface area contributed by atoms with Crippen molar-refractivity contribution in [2.24, 2.45) is 0 Å². The van der Waals surface area contributed by atoms with Crippen molar-refractivity contribution in [2.45, 2.75) is 64.2 Å². The Bertz CT molecular complexity index is 567. The molecular formula is C18H25N3O3. The van der Waals surface area contributed by atoms with Crippen LogP contribution in [0.25, 0.3) is 0 Å². The molecule has 1 amide bonds. The minimum atomic E-state index is -0.476. The lowest BCUT2D eigenvalue weighted by Gasteiger charge is -2.05. The Kier molecular flexibility index (Phi) is 9.86. The van der Waals surface area contributed by atoms with E-state index in [1.54, 1.807) is 12.1 Å². The van der Waals surface area contributed by atoms with E-state index >= 15 is 0 Å². The Morgan fingerprint density at radius 2 is 1.71 bits per heavy atom. The number of nitro benzene ring substituents is 1. The predicted molar refractivity (Wildman–Crippen MR) is 93.5 cm³/mol. The van der Waals surface area contributed by atoms with Crippen LogP contribution in [0, 0.1) is 21.4 Å². The van der Waals surface area contributed by atoms with Crippen molar-refractivity contribution < 1.29 is 9.72 Å². The zero-order valence-corrected chi connectivity index (χ0v) is 14.0. The van der Waals surface area contributed by atoms with Crippen molar-refractivity contribution in [3.63, 3.8) is 0 Å². The first kappa shape index (κ1) is 19.6. The van der Waals surface area contributed by atoms with Gasteiger partial charge in [0.05, 0.1) is 11.0 Å². The molecule has 130 valence electrons. The van der Waals surface area contributed by atoms with Crippen LogP contribution in [-0.2, 0) is 4.79 Å². The van der Waals surface area contributed by atoms with Gasteiger partial charge in [-0.2, -0.15) is 5.26 Å². The lowest BCUT2D eigenvalue weighted by atomic mass is 10.1. The largest absolute Gasteiger partial charge is 0.326 e. The molecule has 0 atom stereocenters. The third kappa shape index (κ3) is 8.89. The summed E-state index contributed by atoms with van der Waals surface area (Å²) in [4.78, 5) is 22.0. The number of nitriles is 1. The van der Waals surface area contributed by atoms with Crippen molar-refractivity contribution in [3.8, 4) is 6.07 Å². The second kappa shape index (κ2) is 12.1. The van der Waals surface area contributed by atoms with Crippen LogP contribution in [0.4, 0.5) is 11.4 Å². The van der Waals surface area contributed by atoms with Gasteiger partial charge in [0.1, 0.15) is 0 Å². The van der Waals surface area contributed by atoms with Gasteiger partial charge in [-0.25, -0.2) is 0 Å². The molecule has 0 radical (unpaired) electrons. The number of hydrogen-bond donors (Lipinski definition) is 1.